The van der Waals surface area contributed by atoms with Gasteiger partial charge in [0, 0.05) is 17.8 Å². The molecule has 1 heterocycles. The monoisotopic (exact) mass is 320 g/mol. The molecule has 0 atom stereocenters. The number of benzene rings is 1. The molecule has 2 rings (SSSR count). The van der Waals surface area contributed by atoms with E-state index in [0.717, 1.165) is 17.8 Å². The number of alkyl halides is 4. The van der Waals surface area contributed by atoms with Gasteiger partial charge in [0.25, 0.3) is 0 Å². The van der Waals surface area contributed by atoms with E-state index in [2.05, 4.69) is 10.3 Å². The van der Waals surface area contributed by atoms with E-state index in [4.69, 9.17) is 23.2 Å². The Morgan fingerprint density at radius 2 is 1.90 bits per heavy atom. The van der Waals surface area contributed by atoms with Crippen LogP contribution in [0.5, 0.6) is 0 Å². The Kier molecular flexibility index (Phi) is 4.40. The third kappa shape index (κ3) is 3.35. The molecule has 1 aromatic carbocycles. The summed E-state index contributed by atoms with van der Waals surface area (Å²) in [5.41, 5.74) is 0.558. The number of nitrogens with zero attached hydrogens (tertiary/aromatic N) is 1. The largest absolute Gasteiger partial charge is 0.417 e. The highest BCUT2D eigenvalue weighted by atomic mass is 35.5. The van der Waals surface area contributed by atoms with Gasteiger partial charge in [0.15, 0.2) is 0 Å². The van der Waals surface area contributed by atoms with Gasteiger partial charge in [-0.25, -0.2) is 4.98 Å². The average molecular weight is 321 g/mol. The smallest absolute Gasteiger partial charge is 0.339 e. The molecule has 2 nitrogen and oxygen atoms in total. The molecular weight excluding hydrogens is 312 g/mol. The van der Waals surface area contributed by atoms with E-state index >= 15 is 0 Å². The minimum atomic E-state index is -4.47. The minimum absolute atomic E-state index is 0.107. The first kappa shape index (κ1) is 14.9. The lowest BCUT2D eigenvalue weighted by Crippen LogP contribution is -2.06. The summed E-state index contributed by atoms with van der Waals surface area (Å²) in [6, 6.07) is 7.96. The van der Waals surface area contributed by atoms with Gasteiger partial charge in [-0.15, -0.1) is 11.6 Å². The first-order valence-electron chi connectivity index (χ1n) is 5.55. The van der Waals surface area contributed by atoms with Crippen LogP contribution in [0.1, 0.15) is 11.1 Å². The molecule has 0 unspecified atom stereocenters. The molecule has 2 aromatic rings. The van der Waals surface area contributed by atoms with Crippen LogP contribution in [0.4, 0.5) is 24.7 Å². The van der Waals surface area contributed by atoms with Crippen LogP contribution in [0.25, 0.3) is 0 Å². The molecule has 0 saturated carbocycles. The summed E-state index contributed by atoms with van der Waals surface area (Å²) in [6.45, 7) is 0. The maximum atomic E-state index is 12.5. The molecule has 1 N–H and O–H groups in total. The van der Waals surface area contributed by atoms with E-state index in [0.29, 0.717) is 5.69 Å². The van der Waals surface area contributed by atoms with Crippen molar-refractivity contribution in [3.63, 3.8) is 0 Å². The fourth-order valence-electron chi connectivity index (χ4n) is 1.57. The van der Waals surface area contributed by atoms with Crippen molar-refractivity contribution in [2.24, 2.45) is 0 Å². The fraction of sp³-hybridized carbons (Fsp3) is 0.154. The van der Waals surface area contributed by atoms with E-state index in [1.807, 2.05) is 6.07 Å². The topological polar surface area (TPSA) is 24.9 Å². The highest BCUT2D eigenvalue weighted by Gasteiger charge is 2.31. The van der Waals surface area contributed by atoms with Crippen molar-refractivity contribution in [3.05, 3.63) is 52.7 Å². The Bertz CT molecular complexity index is 615. The number of aromatic nitrogens is 1. The van der Waals surface area contributed by atoms with Gasteiger partial charge < -0.3 is 5.32 Å². The van der Waals surface area contributed by atoms with Gasteiger partial charge in [0.2, 0.25) is 0 Å². The SMILES string of the molecule is FC(F)(F)c1cnc(Nc2ccccc2CCl)c(Cl)c1. The number of para-hydroxylation sites is 1. The van der Waals surface area contributed by atoms with E-state index in [9.17, 15) is 13.2 Å². The number of halogens is 5. The van der Waals surface area contributed by atoms with E-state index in [1.165, 1.54) is 0 Å². The van der Waals surface area contributed by atoms with Crippen molar-refractivity contribution >= 4 is 34.7 Å². The van der Waals surface area contributed by atoms with E-state index in [-0.39, 0.29) is 16.7 Å². The Morgan fingerprint density at radius 3 is 2.50 bits per heavy atom. The molecule has 0 spiro atoms. The molecule has 0 amide bonds. The number of rotatable bonds is 3. The van der Waals surface area contributed by atoms with E-state index in [1.54, 1.807) is 18.2 Å². The molecule has 0 radical (unpaired) electrons. The second-order valence-corrected chi connectivity index (χ2v) is 4.64. The summed E-state index contributed by atoms with van der Waals surface area (Å²) < 4.78 is 37.5. The minimum Gasteiger partial charge on any atom is -0.339 e. The fourth-order valence-corrected chi connectivity index (χ4v) is 2.02. The van der Waals surface area contributed by atoms with Crippen molar-refractivity contribution in [3.8, 4) is 0 Å². The van der Waals surface area contributed by atoms with Gasteiger partial charge in [-0.3, -0.25) is 0 Å². The molecule has 0 aliphatic heterocycles. The van der Waals surface area contributed by atoms with Crippen LogP contribution in [-0.4, -0.2) is 4.98 Å². The second kappa shape index (κ2) is 5.89. The second-order valence-electron chi connectivity index (χ2n) is 3.97. The summed E-state index contributed by atoms with van der Waals surface area (Å²) in [6.07, 6.45) is -3.74. The number of hydrogen-bond donors (Lipinski definition) is 1. The Hall–Kier alpha value is -1.46. The van der Waals surface area contributed by atoms with Crippen molar-refractivity contribution in [2.45, 2.75) is 12.1 Å². The van der Waals surface area contributed by atoms with Crippen molar-refractivity contribution in [1.82, 2.24) is 4.98 Å². The zero-order valence-electron chi connectivity index (χ0n) is 10.0. The van der Waals surface area contributed by atoms with Crippen molar-refractivity contribution in [2.75, 3.05) is 5.32 Å². The highest BCUT2D eigenvalue weighted by Crippen LogP contribution is 2.33. The third-order valence-electron chi connectivity index (χ3n) is 2.58. The number of hydrogen-bond acceptors (Lipinski definition) is 2. The molecule has 0 aliphatic rings. The lowest BCUT2D eigenvalue weighted by Gasteiger charge is -2.12. The quantitative estimate of drug-likeness (QED) is 0.782. The Balaban J connectivity index is 2.31. The Morgan fingerprint density at radius 1 is 1.20 bits per heavy atom. The van der Waals surface area contributed by atoms with Crippen LogP contribution in [0.2, 0.25) is 5.02 Å². The lowest BCUT2D eigenvalue weighted by molar-refractivity contribution is -0.137. The highest BCUT2D eigenvalue weighted by molar-refractivity contribution is 6.33. The maximum absolute atomic E-state index is 12.5. The normalized spacial score (nSPS) is 11.4. The average Bonchev–Trinajstić information content (AvgIpc) is 2.40. The molecule has 0 aliphatic carbocycles. The van der Waals surface area contributed by atoms with Crippen LogP contribution in [-0.2, 0) is 12.1 Å². The van der Waals surface area contributed by atoms with E-state index < -0.39 is 11.7 Å². The predicted molar refractivity (Wildman–Crippen MR) is 73.5 cm³/mol. The van der Waals surface area contributed by atoms with Gasteiger partial charge in [-0.1, -0.05) is 29.8 Å². The molecule has 7 heteroatoms. The summed E-state index contributed by atoms with van der Waals surface area (Å²) in [5.74, 6) is 0.416. The first-order chi connectivity index (χ1) is 9.41. The van der Waals surface area contributed by atoms with Crippen molar-refractivity contribution < 1.29 is 13.2 Å². The van der Waals surface area contributed by atoms with Crippen LogP contribution >= 0.6 is 23.2 Å². The number of pyridine rings is 1. The third-order valence-corrected chi connectivity index (χ3v) is 3.16. The summed E-state index contributed by atoms with van der Waals surface area (Å²) in [5, 5.41) is 2.77. The van der Waals surface area contributed by atoms with Crippen molar-refractivity contribution in [1.29, 1.82) is 0 Å². The van der Waals surface area contributed by atoms with Gasteiger partial charge in [-0.2, -0.15) is 13.2 Å². The van der Waals surface area contributed by atoms with Gasteiger partial charge in [0.05, 0.1) is 10.6 Å². The molecule has 1 aromatic heterocycles. The number of nitrogens with one attached hydrogen (secondary N) is 1. The molecule has 0 fully saturated rings. The van der Waals surface area contributed by atoms with Gasteiger partial charge >= 0.3 is 6.18 Å². The van der Waals surface area contributed by atoms with Crippen LogP contribution < -0.4 is 5.32 Å². The summed E-state index contributed by atoms with van der Waals surface area (Å²) in [7, 11) is 0. The zero-order chi connectivity index (χ0) is 14.8. The molecule has 106 valence electrons. The van der Waals surface area contributed by atoms with Gasteiger partial charge in [0.1, 0.15) is 5.82 Å². The molecule has 0 bridgehead atoms. The summed E-state index contributed by atoms with van der Waals surface area (Å²) in [4.78, 5) is 3.71. The van der Waals surface area contributed by atoms with Crippen LogP contribution in [0.3, 0.4) is 0 Å². The van der Waals surface area contributed by atoms with Gasteiger partial charge in [-0.05, 0) is 17.7 Å². The zero-order valence-corrected chi connectivity index (χ0v) is 11.5. The molecule has 20 heavy (non-hydrogen) atoms. The predicted octanol–water partition coefficient (Wildman–Crippen LogP) is 5.24. The molecule has 0 saturated heterocycles. The van der Waals surface area contributed by atoms with Crippen LogP contribution in [0, 0.1) is 0 Å². The maximum Gasteiger partial charge on any atom is 0.417 e. The number of anilines is 2. The Labute approximate surface area is 123 Å². The van der Waals surface area contributed by atoms with Crippen LogP contribution in [0.15, 0.2) is 36.5 Å². The molecular formula is C13H9Cl2F3N2. The summed E-state index contributed by atoms with van der Waals surface area (Å²) >= 11 is 11.6. The lowest BCUT2D eigenvalue weighted by atomic mass is 10.2. The first-order valence-corrected chi connectivity index (χ1v) is 6.46. The standard InChI is InChI=1S/C13H9Cl2F3N2/c14-6-8-3-1-2-4-11(8)20-12-10(15)5-9(7-19-12)13(16,17)18/h1-5,7H,6H2,(H,19,20).